The second kappa shape index (κ2) is 2.79. The Morgan fingerprint density at radius 1 is 1.00 bits per heavy atom. The molecule has 0 amide bonds. The summed E-state index contributed by atoms with van der Waals surface area (Å²) < 4.78 is 6.44. The van der Waals surface area contributed by atoms with Crippen LogP contribution in [-0.4, -0.2) is 17.0 Å². The minimum absolute atomic E-state index is 0.176. The molecule has 0 aromatic heterocycles. The number of carbonyl (C=O) groups excluding carboxylic acids is 1. The van der Waals surface area contributed by atoms with E-state index >= 15 is 0 Å². The maximum Gasteiger partial charge on any atom is 0.145 e. The van der Waals surface area contributed by atoms with Crippen molar-refractivity contribution in [1.29, 1.82) is 0 Å². The molecule has 0 aromatic rings. The second-order valence-corrected chi connectivity index (χ2v) is 5.99. The maximum absolute atomic E-state index is 12.6. The Hall–Kier alpha value is -0.630. The minimum Gasteiger partial charge on any atom is -0.359 e. The minimum atomic E-state index is -0.184. The van der Waals surface area contributed by atoms with Crippen LogP contribution in [0.1, 0.15) is 44.9 Å². The molecule has 4 aliphatic rings. The topological polar surface area (TPSA) is 26.3 Å². The van der Waals surface area contributed by atoms with Crippen LogP contribution < -0.4 is 0 Å². The number of rotatable bonds is 0. The molecule has 2 spiro atoms. The third-order valence-corrected chi connectivity index (χ3v) is 5.26. The van der Waals surface area contributed by atoms with Gasteiger partial charge in [-0.1, -0.05) is 25.0 Å². The molecule has 4 rings (SSSR count). The van der Waals surface area contributed by atoms with Crippen LogP contribution in [-0.2, 0) is 9.53 Å². The SMILES string of the molecule is O=C1[C@H]2CCC[C@]23C=C[C@@]2(CCCC[C@H]12)O3. The van der Waals surface area contributed by atoms with Gasteiger partial charge in [-0.05, 0) is 32.1 Å². The van der Waals surface area contributed by atoms with Crippen LogP contribution in [0.2, 0.25) is 0 Å². The van der Waals surface area contributed by atoms with Crippen LogP contribution in [0.5, 0.6) is 0 Å². The Morgan fingerprint density at radius 3 is 2.38 bits per heavy atom. The highest BCUT2D eigenvalue weighted by Gasteiger charge is 2.63. The number of ether oxygens (including phenoxy) is 1. The van der Waals surface area contributed by atoms with Crippen molar-refractivity contribution in [3.8, 4) is 0 Å². The van der Waals surface area contributed by atoms with Gasteiger partial charge in [0.1, 0.15) is 5.78 Å². The first-order valence-electron chi connectivity index (χ1n) is 6.70. The third kappa shape index (κ3) is 0.912. The maximum atomic E-state index is 12.6. The van der Waals surface area contributed by atoms with Gasteiger partial charge in [0.25, 0.3) is 0 Å². The average molecular weight is 218 g/mol. The molecule has 2 heteroatoms. The standard InChI is InChI=1S/C14H18O2/c15-12-10-4-1-2-6-13(10)8-9-14(16-13)7-3-5-11(12)14/h8-11H,1-7H2/t10-,11-,13-,14+/m1/s1. The van der Waals surface area contributed by atoms with Gasteiger partial charge >= 0.3 is 0 Å². The fourth-order valence-corrected chi connectivity index (χ4v) is 4.53. The quantitative estimate of drug-likeness (QED) is 0.584. The van der Waals surface area contributed by atoms with Crippen molar-refractivity contribution < 1.29 is 9.53 Å². The molecule has 0 N–H and O–H groups in total. The van der Waals surface area contributed by atoms with E-state index in [0.29, 0.717) is 5.78 Å². The summed E-state index contributed by atoms with van der Waals surface area (Å²) in [5.41, 5.74) is -0.360. The molecular formula is C14H18O2. The van der Waals surface area contributed by atoms with E-state index in [-0.39, 0.29) is 23.0 Å². The lowest BCUT2D eigenvalue weighted by Crippen LogP contribution is -2.56. The Labute approximate surface area is 96.0 Å². The third-order valence-electron chi connectivity index (χ3n) is 5.26. The van der Waals surface area contributed by atoms with E-state index < -0.39 is 0 Å². The number of hydrogen-bond donors (Lipinski definition) is 0. The van der Waals surface area contributed by atoms with Gasteiger partial charge in [0.2, 0.25) is 0 Å². The Balaban J connectivity index is 1.83. The van der Waals surface area contributed by atoms with Gasteiger partial charge in [0.05, 0.1) is 23.0 Å². The molecule has 2 bridgehead atoms. The highest BCUT2D eigenvalue weighted by atomic mass is 16.5. The van der Waals surface area contributed by atoms with Gasteiger partial charge in [-0.3, -0.25) is 4.79 Å². The summed E-state index contributed by atoms with van der Waals surface area (Å²) in [6.07, 6.45) is 12.3. The predicted molar refractivity (Wildman–Crippen MR) is 60.0 cm³/mol. The van der Waals surface area contributed by atoms with Crippen molar-refractivity contribution in [2.24, 2.45) is 11.8 Å². The van der Waals surface area contributed by atoms with Crippen LogP contribution >= 0.6 is 0 Å². The molecule has 2 aliphatic carbocycles. The van der Waals surface area contributed by atoms with Gasteiger partial charge in [-0.25, -0.2) is 0 Å². The fourth-order valence-electron chi connectivity index (χ4n) is 4.53. The number of hydrogen-bond acceptors (Lipinski definition) is 2. The summed E-state index contributed by atoms with van der Waals surface area (Å²) in [5, 5.41) is 0. The Bertz CT molecular complexity index is 386. The van der Waals surface area contributed by atoms with Crippen molar-refractivity contribution in [3.63, 3.8) is 0 Å². The summed E-state index contributed by atoms with van der Waals surface area (Å²) >= 11 is 0. The van der Waals surface area contributed by atoms with E-state index in [1.807, 2.05) is 0 Å². The lowest BCUT2D eigenvalue weighted by atomic mass is 9.68. The molecule has 86 valence electrons. The van der Waals surface area contributed by atoms with Crippen molar-refractivity contribution >= 4 is 5.78 Å². The monoisotopic (exact) mass is 218 g/mol. The van der Waals surface area contributed by atoms with Gasteiger partial charge in [0.15, 0.2) is 0 Å². The lowest BCUT2D eigenvalue weighted by molar-refractivity contribution is -0.190. The molecule has 3 fully saturated rings. The summed E-state index contributed by atoms with van der Waals surface area (Å²) in [5.74, 6) is 0.882. The highest BCUT2D eigenvalue weighted by molar-refractivity contribution is 5.88. The zero-order valence-electron chi connectivity index (χ0n) is 9.58. The largest absolute Gasteiger partial charge is 0.359 e. The van der Waals surface area contributed by atoms with E-state index in [1.165, 1.54) is 12.8 Å². The van der Waals surface area contributed by atoms with Gasteiger partial charge in [0, 0.05) is 0 Å². The predicted octanol–water partition coefficient (Wildman–Crippen LogP) is 2.62. The van der Waals surface area contributed by atoms with Crippen LogP contribution in [0.25, 0.3) is 0 Å². The first-order valence-corrected chi connectivity index (χ1v) is 6.70. The van der Waals surface area contributed by atoms with Crippen molar-refractivity contribution in [1.82, 2.24) is 0 Å². The molecule has 0 unspecified atom stereocenters. The summed E-state index contributed by atoms with van der Waals surface area (Å²) in [7, 11) is 0. The number of Topliss-reactive ketones (excluding diaryl/α,β-unsaturated/α-hetero) is 1. The summed E-state index contributed by atoms with van der Waals surface area (Å²) in [4.78, 5) is 12.6. The van der Waals surface area contributed by atoms with Gasteiger partial charge in [-0.15, -0.1) is 0 Å². The van der Waals surface area contributed by atoms with Gasteiger partial charge < -0.3 is 4.74 Å². The molecule has 2 aliphatic heterocycles. The zero-order valence-corrected chi connectivity index (χ0v) is 9.58. The first kappa shape index (κ1) is 9.41. The molecule has 0 aromatic carbocycles. The van der Waals surface area contributed by atoms with E-state index in [1.54, 1.807) is 0 Å². The van der Waals surface area contributed by atoms with Crippen LogP contribution in [0.15, 0.2) is 12.2 Å². The smallest absolute Gasteiger partial charge is 0.145 e. The molecule has 4 atom stereocenters. The number of ketones is 1. The molecule has 1 saturated heterocycles. The van der Waals surface area contributed by atoms with Crippen molar-refractivity contribution in [2.75, 3.05) is 0 Å². The van der Waals surface area contributed by atoms with E-state index in [9.17, 15) is 4.79 Å². The molecule has 0 radical (unpaired) electrons. The molecule has 2 nitrogen and oxygen atoms in total. The molecule has 2 saturated carbocycles. The fraction of sp³-hybridized carbons (Fsp3) is 0.786. The van der Waals surface area contributed by atoms with Crippen LogP contribution in [0.4, 0.5) is 0 Å². The molecule has 2 heterocycles. The molecule has 16 heavy (non-hydrogen) atoms. The van der Waals surface area contributed by atoms with Crippen molar-refractivity contribution in [2.45, 2.75) is 56.1 Å². The van der Waals surface area contributed by atoms with E-state index in [4.69, 9.17) is 4.74 Å². The van der Waals surface area contributed by atoms with E-state index in [2.05, 4.69) is 12.2 Å². The van der Waals surface area contributed by atoms with E-state index in [0.717, 1.165) is 32.1 Å². The second-order valence-electron chi connectivity index (χ2n) is 5.99. The highest BCUT2D eigenvalue weighted by Crippen LogP contribution is 2.58. The first-order chi connectivity index (χ1) is 7.76. The Morgan fingerprint density at radius 2 is 1.62 bits per heavy atom. The van der Waals surface area contributed by atoms with Crippen molar-refractivity contribution in [3.05, 3.63) is 12.2 Å². The van der Waals surface area contributed by atoms with Gasteiger partial charge in [-0.2, -0.15) is 0 Å². The zero-order chi connectivity index (χ0) is 10.8. The lowest BCUT2D eigenvalue weighted by Gasteiger charge is -2.48. The summed E-state index contributed by atoms with van der Waals surface area (Å²) in [6, 6.07) is 0. The van der Waals surface area contributed by atoms with Crippen LogP contribution in [0.3, 0.4) is 0 Å². The number of carbonyl (C=O) groups is 1. The Kier molecular flexibility index (Phi) is 1.64. The normalized spacial score (nSPS) is 53.9. The average Bonchev–Trinajstić information content (AvgIpc) is 2.84. The van der Waals surface area contributed by atoms with Crippen LogP contribution in [0, 0.1) is 11.8 Å². The summed E-state index contributed by atoms with van der Waals surface area (Å²) in [6.45, 7) is 0. The molecular weight excluding hydrogens is 200 g/mol.